The van der Waals surface area contributed by atoms with E-state index in [-0.39, 0.29) is 17.4 Å². The van der Waals surface area contributed by atoms with Crippen molar-refractivity contribution < 1.29 is 0 Å². The Morgan fingerprint density at radius 1 is 1.47 bits per heavy atom. The predicted molar refractivity (Wildman–Crippen MR) is 61.6 cm³/mol. The first-order valence-electron chi connectivity index (χ1n) is 4.93. The molecule has 0 unspecified atom stereocenters. The molecular weight excluding hydrogens is 190 g/mol. The van der Waals surface area contributed by atoms with Gasteiger partial charge in [0.05, 0.1) is 5.56 Å². The SMILES string of the molecule is Cc1cc(C)n(C(C)C)c(=O)c1C(=N)N. The van der Waals surface area contributed by atoms with Crippen LogP contribution in [0.25, 0.3) is 0 Å². The van der Waals surface area contributed by atoms with Gasteiger partial charge in [0.25, 0.3) is 5.56 Å². The normalized spacial score (nSPS) is 10.7. The van der Waals surface area contributed by atoms with Gasteiger partial charge >= 0.3 is 0 Å². The fourth-order valence-corrected chi connectivity index (χ4v) is 1.87. The zero-order valence-corrected chi connectivity index (χ0v) is 9.59. The van der Waals surface area contributed by atoms with E-state index < -0.39 is 0 Å². The molecule has 0 aliphatic rings. The topological polar surface area (TPSA) is 71.9 Å². The molecule has 0 saturated heterocycles. The van der Waals surface area contributed by atoms with Crippen LogP contribution in [0.1, 0.15) is 36.7 Å². The van der Waals surface area contributed by atoms with E-state index in [9.17, 15) is 4.79 Å². The lowest BCUT2D eigenvalue weighted by Crippen LogP contribution is -2.33. The Morgan fingerprint density at radius 2 is 2.00 bits per heavy atom. The van der Waals surface area contributed by atoms with Crippen molar-refractivity contribution >= 4 is 5.84 Å². The minimum atomic E-state index is -0.171. The van der Waals surface area contributed by atoms with Gasteiger partial charge < -0.3 is 10.3 Å². The van der Waals surface area contributed by atoms with Crippen LogP contribution in [0.3, 0.4) is 0 Å². The second-order valence-corrected chi connectivity index (χ2v) is 4.03. The van der Waals surface area contributed by atoms with Crippen LogP contribution in [-0.4, -0.2) is 10.4 Å². The molecule has 1 rings (SSSR count). The maximum Gasteiger partial charge on any atom is 0.262 e. The minimum absolute atomic E-state index is 0.0798. The van der Waals surface area contributed by atoms with Gasteiger partial charge in [-0.2, -0.15) is 0 Å². The van der Waals surface area contributed by atoms with Gasteiger partial charge in [-0.3, -0.25) is 10.2 Å². The summed E-state index contributed by atoms with van der Waals surface area (Å²) < 4.78 is 1.66. The summed E-state index contributed by atoms with van der Waals surface area (Å²) in [6.45, 7) is 7.56. The number of aromatic nitrogens is 1. The molecule has 0 aromatic carbocycles. The lowest BCUT2D eigenvalue weighted by molar-refractivity contribution is 0.561. The number of nitrogens with two attached hydrogens (primary N) is 1. The Morgan fingerprint density at radius 3 is 2.40 bits per heavy atom. The fourth-order valence-electron chi connectivity index (χ4n) is 1.87. The summed E-state index contributed by atoms with van der Waals surface area (Å²) in [4.78, 5) is 12.0. The number of nitrogens with one attached hydrogen (secondary N) is 1. The molecule has 0 spiro atoms. The van der Waals surface area contributed by atoms with E-state index in [0.29, 0.717) is 5.56 Å². The van der Waals surface area contributed by atoms with Gasteiger partial charge in [0.2, 0.25) is 0 Å². The molecular formula is C11H17N3O. The maximum atomic E-state index is 12.0. The molecule has 0 radical (unpaired) electrons. The van der Waals surface area contributed by atoms with Crippen LogP contribution in [0.5, 0.6) is 0 Å². The van der Waals surface area contributed by atoms with Crippen LogP contribution >= 0.6 is 0 Å². The highest BCUT2D eigenvalue weighted by atomic mass is 16.1. The lowest BCUT2D eigenvalue weighted by Gasteiger charge is -2.16. The van der Waals surface area contributed by atoms with Crippen LogP contribution in [-0.2, 0) is 0 Å². The van der Waals surface area contributed by atoms with Gasteiger partial charge in [-0.25, -0.2) is 0 Å². The number of aryl methyl sites for hydroxylation is 2. The molecule has 0 bridgehead atoms. The average molecular weight is 207 g/mol. The van der Waals surface area contributed by atoms with Crippen LogP contribution in [0, 0.1) is 19.3 Å². The Hall–Kier alpha value is -1.58. The molecule has 0 amide bonds. The van der Waals surface area contributed by atoms with E-state index in [1.807, 2.05) is 26.8 Å². The van der Waals surface area contributed by atoms with Crippen molar-refractivity contribution in [2.75, 3.05) is 0 Å². The number of pyridine rings is 1. The van der Waals surface area contributed by atoms with Gasteiger partial charge in [-0.05, 0) is 39.3 Å². The number of nitrogens with zero attached hydrogens (tertiary/aromatic N) is 1. The Bertz CT molecular complexity index is 458. The van der Waals surface area contributed by atoms with Crippen LogP contribution in [0.4, 0.5) is 0 Å². The molecule has 0 aliphatic heterocycles. The number of hydrogen-bond acceptors (Lipinski definition) is 2. The quantitative estimate of drug-likeness (QED) is 0.567. The van der Waals surface area contributed by atoms with E-state index in [1.54, 1.807) is 11.5 Å². The van der Waals surface area contributed by atoms with E-state index in [0.717, 1.165) is 11.3 Å². The number of amidine groups is 1. The van der Waals surface area contributed by atoms with Crippen LogP contribution < -0.4 is 11.3 Å². The van der Waals surface area contributed by atoms with Gasteiger partial charge in [-0.15, -0.1) is 0 Å². The molecule has 0 fully saturated rings. The third kappa shape index (κ3) is 1.93. The first-order chi connectivity index (χ1) is 6.86. The van der Waals surface area contributed by atoms with E-state index >= 15 is 0 Å². The van der Waals surface area contributed by atoms with E-state index in [1.165, 1.54) is 0 Å². The van der Waals surface area contributed by atoms with Crippen molar-refractivity contribution in [2.24, 2.45) is 5.73 Å². The van der Waals surface area contributed by atoms with Crippen molar-refractivity contribution in [3.05, 3.63) is 33.2 Å². The molecule has 3 N–H and O–H groups in total. The molecule has 4 nitrogen and oxygen atoms in total. The smallest absolute Gasteiger partial charge is 0.262 e. The van der Waals surface area contributed by atoms with Gasteiger partial charge in [0, 0.05) is 11.7 Å². The second kappa shape index (κ2) is 3.88. The molecule has 0 saturated carbocycles. The lowest BCUT2D eigenvalue weighted by atomic mass is 10.1. The largest absolute Gasteiger partial charge is 0.384 e. The Balaban J connectivity index is 3.65. The minimum Gasteiger partial charge on any atom is -0.384 e. The zero-order chi connectivity index (χ0) is 11.7. The predicted octanol–water partition coefficient (Wildman–Crippen LogP) is 1.33. The molecule has 15 heavy (non-hydrogen) atoms. The summed E-state index contributed by atoms with van der Waals surface area (Å²) in [5.74, 6) is -0.160. The standard InChI is InChI=1S/C11H17N3O/c1-6(2)14-8(4)5-7(3)9(10(12)13)11(14)15/h5-6H,1-4H3,(H3,12,13). The Labute approximate surface area is 89.2 Å². The van der Waals surface area contributed by atoms with Gasteiger partial charge in [-0.1, -0.05) is 0 Å². The average Bonchev–Trinajstić information content (AvgIpc) is 1.99. The van der Waals surface area contributed by atoms with Crippen molar-refractivity contribution in [2.45, 2.75) is 33.7 Å². The van der Waals surface area contributed by atoms with Gasteiger partial charge in [0.1, 0.15) is 5.84 Å². The summed E-state index contributed by atoms with van der Waals surface area (Å²) >= 11 is 0. The first kappa shape index (κ1) is 11.5. The fraction of sp³-hybridized carbons (Fsp3) is 0.455. The molecule has 1 heterocycles. The van der Waals surface area contributed by atoms with E-state index in [2.05, 4.69) is 0 Å². The third-order valence-corrected chi connectivity index (χ3v) is 2.42. The number of rotatable bonds is 2. The highest BCUT2D eigenvalue weighted by Crippen LogP contribution is 2.10. The molecule has 1 aromatic rings. The second-order valence-electron chi connectivity index (χ2n) is 4.03. The molecule has 0 atom stereocenters. The summed E-state index contributed by atoms with van der Waals surface area (Å²) in [6, 6.07) is 1.97. The summed E-state index contributed by atoms with van der Waals surface area (Å²) in [7, 11) is 0. The van der Waals surface area contributed by atoms with Crippen LogP contribution in [0.2, 0.25) is 0 Å². The monoisotopic (exact) mass is 207 g/mol. The molecule has 0 aliphatic carbocycles. The number of nitrogen functional groups attached to an aromatic ring is 1. The Kier molecular flexibility index (Phi) is 2.98. The van der Waals surface area contributed by atoms with Crippen molar-refractivity contribution in [1.29, 1.82) is 5.41 Å². The number of hydrogen-bond donors (Lipinski definition) is 2. The molecule has 1 aromatic heterocycles. The van der Waals surface area contributed by atoms with Gasteiger partial charge in [0.15, 0.2) is 0 Å². The highest BCUT2D eigenvalue weighted by Gasteiger charge is 2.13. The first-order valence-corrected chi connectivity index (χ1v) is 4.93. The summed E-state index contributed by atoms with van der Waals surface area (Å²) in [5.41, 5.74) is 7.21. The summed E-state index contributed by atoms with van der Waals surface area (Å²) in [6.07, 6.45) is 0. The molecule has 4 heteroatoms. The summed E-state index contributed by atoms with van der Waals surface area (Å²) in [5, 5.41) is 7.39. The van der Waals surface area contributed by atoms with Crippen molar-refractivity contribution in [3.63, 3.8) is 0 Å². The third-order valence-electron chi connectivity index (χ3n) is 2.42. The zero-order valence-electron chi connectivity index (χ0n) is 9.59. The van der Waals surface area contributed by atoms with Crippen molar-refractivity contribution in [3.8, 4) is 0 Å². The maximum absolute atomic E-state index is 12.0. The highest BCUT2D eigenvalue weighted by molar-refractivity contribution is 5.95. The van der Waals surface area contributed by atoms with E-state index in [4.69, 9.17) is 11.1 Å². The van der Waals surface area contributed by atoms with Crippen molar-refractivity contribution in [1.82, 2.24) is 4.57 Å². The molecule has 82 valence electrons. The van der Waals surface area contributed by atoms with Crippen LogP contribution in [0.15, 0.2) is 10.9 Å².